The van der Waals surface area contributed by atoms with Crippen molar-refractivity contribution in [2.75, 3.05) is 27.2 Å². The number of nitrogens with zero attached hydrogens (tertiary/aromatic N) is 1. The van der Waals surface area contributed by atoms with Crippen molar-refractivity contribution in [1.82, 2.24) is 10.2 Å². The highest BCUT2D eigenvalue weighted by molar-refractivity contribution is 5.72. The minimum atomic E-state index is -0.830. The maximum atomic E-state index is 10.9. The Morgan fingerprint density at radius 3 is 2.71 bits per heavy atom. The van der Waals surface area contributed by atoms with Gasteiger partial charge in [0.1, 0.15) is 0 Å². The fourth-order valence-electron chi connectivity index (χ4n) is 3.86. The second kappa shape index (κ2) is 7.07. The third kappa shape index (κ3) is 4.18. The summed E-state index contributed by atoms with van der Waals surface area (Å²) in [5.41, 5.74) is 0.239. The molecule has 21 heavy (non-hydrogen) atoms. The molecule has 2 aliphatic rings. The number of hydrogen-bond donors (Lipinski definition) is 2. The fourth-order valence-corrected chi connectivity index (χ4v) is 3.86. The number of aliphatic carboxylic acids is 1. The van der Waals surface area contributed by atoms with E-state index in [1.54, 1.807) is 0 Å². The van der Waals surface area contributed by atoms with Gasteiger partial charge in [-0.05, 0) is 45.7 Å². The molecule has 1 aliphatic heterocycles. The average molecular weight is 298 g/mol. The molecule has 1 heterocycles. The lowest BCUT2D eigenvalue weighted by atomic mass is 9.75. The second-order valence-corrected chi connectivity index (χ2v) is 7.11. The molecule has 122 valence electrons. The molecule has 5 nitrogen and oxygen atoms in total. The molecule has 0 bridgehead atoms. The van der Waals surface area contributed by atoms with Gasteiger partial charge < -0.3 is 20.1 Å². The molecule has 4 atom stereocenters. The van der Waals surface area contributed by atoms with E-state index in [0.29, 0.717) is 6.42 Å². The Morgan fingerprint density at radius 1 is 1.38 bits per heavy atom. The van der Waals surface area contributed by atoms with Crippen molar-refractivity contribution < 1.29 is 14.6 Å². The smallest absolute Gasteiger partial charge is 0.332 e. The highest BCUT2D eigenvalue weighted by atomic mass is 16.5. The van der Waals surface area contributed by atoms with E-state index < -0.39 is 12.1 Å². The summed E-state index contributed by atoms with van der Waals surface area (Å²) in [4.78, 5) is 13.3. The van der Waals surface area contributed by atoms with Gasteiger partial charge >= 0.3 is 5.97 Å². The highest BCUT2D eigenvalue weighted by Crippen LogP contribution is 2.35. The molecule has 2 N–H and O–H groups in total. The van der Waals surface area contributed by atoms with E-state index in [4.69, 9.17) is 9.84 Å². The molecular weight excluding hydrogens is 268 g/mol. The Bertz CT molecular complexity index is 361. The van der Waals surface area contributed by atoms with E-state index in [0.717, 1.165) is 25.4 Å². The van der Waals surface area contributed by atoms with Gasteiger partial charge in [-0.2, -0.15) is 0 Å². The first kappa shape index (κ1) is 16.7. The lowest BCUT2D eigenvalue weighted by molar-refractivity contribution is -0.149. The average Bonchev–Trinajstić information content (AvgIpc) is 2.87. The Morgan fingerprint density at radius 2 is 2.14 bits per heavy atom. The Hall–Kier alpha value is -0.650. The SMILES string of the molecule is CC1CCCC(CNCC2CCC(C(=O)O)O2)(N(C)C)C1. The molecule has 2 rings (SSSR count). The largest absolute Gasteiger partial charge is 0.479 e. The van der Waals surface area contributed by atoms with Crippen molar-refractivity contribution in [3.8, 4) is 0 Å². The van der Waals surface area contributed by atoms with Crippen molar-refractivity contribution >= 4 is 5.97 Å². The molecule has 1 saturated carbocycles. The molecule has 0 spiro atoms. The second-order valence-electron chi connectivity index (χ2n) is 7.11. The van der Waals surface area contributed by atoms with E-state index >= 15 is 0 Å². The summed E-state index contributed by atoms with van der Waals surface area (Å²) in [5, 5.41) is 12.5. The molecule has 5 heteroatoms. The number of carbonyl (C=O) groups is 1. The molecule has 1 saturated heterocycles. The number of hydrogen-bond acceptors (Lipinski definition) is 4. The first-order chi connectivity index (χ1) is 9.93. The summed E-state index contributed by atoms with van der Waals surface area (Å²) < 4.78 is 5.55. The first-order valence-electron chi connectivity index (χ1n) is 8.19. The molecular formula is C16H30N2O3. The number of carboxylic acids is 1. The highest BCUT2D eigenvalue weighted by Gasteiger charge is 2.37. The standard InChI is InChI=1S/C16H30N2O3/c1-12-5-4-8-16(9-12,18(2)3)11-17-10-13-6-7-14(21-13)15(19)20/h12-14,17H,4-11H2,1-3H3,(H,19,20). The third-order valence-electron chi connectivity index (χ3n) is 5.23. The predicted molar refractivity (Wildman–Crippen MR) is 82.5 cm³/mol. The number of rotatable bonds is 6. The normalized spacial score (nSPS) is 37.0. The van der Waals surface area contributed by atoms with Crippen LogP contribution in [0.3, 0.4) is 0 Å². The van der Waals surface area contributed by atoms with Crippen molar-refractivity contribution in [3.05, 3.63) is 0 Å². The topological polar surface area (TPSA) is 61.8 Å². The summed E-state index contributed by atoms with van der Waals surface area (Å²) in [5.74, 6) is -0.0505. The van der Waals surface area contributed by atoms with Crippen molar-refractivity contribution in [3.63, 3.8) is 0 Å². The van der Waals surface area contributed by atoms with Crippen LogP contribution < -0.4 is 5.32 Å². The van der Waals surface area contributed by atoms with E-state index in [1.807, 2.05) is 0 Å². The minimum absolute atomic E-state index is 0.0475. The van der Waals surface area contributed by atoms with Gasteiger partial charge in [-0.25, -0.2) is 4.79 Å². The quantitative estimate of drug-likeness (QED) is 0.782. The molecule has 0 radical (unpaired) electrons. The van der Waals surface area contributed by atoms with Crippen LogP contribution in [0.4, 0.5) is 0 Å². The third-order valence-corrected chi connectivity index (χ3v) is 5.23. The van der Waals surface area contributed by atoms with Crippen LogP contribution in [0.5, 0.6) is 0 Å². The van der Waals surface area contributed by atoms with E-state index in [-0.39, 0.29) is 11.6 Å². The number of likely N-dealkylation sites (N-methyl/N-ethyl adjacent to an activating group) is 1. The maximum absolute atomic E-state index is 10.9. The van der Waals surface area contributed by atoms with Crippen molar-refractivity contribution in [2.24, 2.45) is 5.92 Å². The Balaban J connectivity index is 1.79. The van der Waals surface area contributed by atoms with Gasteiger partial charge in [-0.15, -0.1) is 0 Å². The zero-order valence-corrected chi connectivity index (χ0v) is 13.6. The van der Waals surface area contributed by atoms with Gasteiger partial charge in [-0.1, -0.05) is 19.8 Å². The monoisotopic (exact) mass is 298 g/mol. The van der Waals surface area contributed by atoms with Crippen LogP contribution >= 0.6 is 0 Å². The number of nitrogens with one attached hydrogen (secondary N) is 1. The zero-order valence-electron chi connectivity index (χ0n) is 13.6. The number of ether oxygens (including phenoxy) is 1. The summed E-state index contributed by atoms with van der Waals surface area (Å²) >= 11 is 0. The van der Waals surface area contributed by atoms with Crippen LogP contribution in [-0.4, -0.2) is 60.9 Å². The Kier molecular flexibility index (Phi) is 5.63. The summed E-state index contributed by atoms with van der Waals surface area (Å²) in [6.45, 7) is 4.06. The molecule has 1 aliphatic carbocycles. The van der Waals surface area contributed by atoms with E-state index in [9.17, 15) is 4.79 Å². The van der Waals surface area contributed by atoms with Gasteiger partial charge in [0.05, 0.1) is 6.10 Å². The zero-order chi connectivity index (χ0) is 15.5. The van der Waals surface area contributed by atoms with Crippen molar-refractivity contribution in [1.29, 1.82) is 0 Å². The lowest BCUT2D eigenvalue weighted by Gasteiger charge is -2.45. The molecule has 2 fully saturated rings. The van der Waals surface area contributed by atoms with Crippen molar-refractivity contribution in [2.45, 2.75) is 63.2 Å². The lowest BCUT2D eigenvalue weighted by Crippen LogP contribution is -2.54. The van der Waals surface area contributed by atoms with E-state index in [2.05, 4.69) is 31.2 Å². The predicted octanol–water partition coefficient (Wildman–Crippen LogP) is 1.72. The van der Waals surface area contributed by atoms with Gasteiger partial charge in [0, 0.05) is 18.6 Å². The molecule has 0 amide bonds. The first-order valence-corrected chi connectivity index (χ1v) is 8.19. The summed E-state index contributed by atoms with van der Waals surface area (Å²) in [6, 6.07) is 0. The Labute approximate surface area is 128 Å². The van der Waals surface area contributed by atoms with Crippen LogP contribution in [0, 0.1) is 5.92 Å². The fraction of sp³-hybridized carbons (Fsp3) is 0.938. The van der Waals surface area contributed by atoms with Crippen LogP contribution in [0.1, 0.15) is 45.4 Å². The summed E-state index contributed by atoms with van der Waals surface area (Å²) in [6.07, 6.45) is 6.02. The van der Waals surface area contributed by atoms with Gasteiger partial charge in [0.15, 0.2) is 6.10 Å². The maximum Gasteiger partial charge on any atom is 0.332 e. The molecule has 0 aromatic rings. The summed E-state index contributed by atoms with van der Waals surface area (Å²) in [7, 11) is 4.35. The van der Waals surface area contributed by atoms with Gasteiger partial charge in [-0.3, -0.25) is 0 Å². The molecule has 0 aromatic heterocycles. The minimum Gasteiger partial charge on any atom is -0.479 e. The van der Waals surface area contributed by atoms with Crippen LogP contribution in [0.25, 0.3) is 0 Å². The molecule has 0 aromatic carbocycles. The van der Waals surface area contributed by atoms with Crippen LogP contribution in [0.15, 0.2) is 0 Å². The van der Waals surface area contributed by atoms with Crippen LogP contribution in [0.2, 0.25) is 0 Å². The van der Waals surface area contributed by atoms with Gasteiger partial charge in [0.2, 0.25) is 0 Å². The number of carboxylic acid groups (broad SMARTS) is 1. The van der Waals surface area contributed by atoms with Gasteiger partial charge in [0.25, 0.3) is 0 Å². The van der Waals surface area contributed by atoms with Crippen LogP contribution in [-0.2, 0) is 9.53 Å². The molecule has 4 unspecified atom stereocenters. The van der Waals surface area contributed by atoms with E-state index in [1.165, 1.54) is 25.7 Å².